The lowest BCUT2D eigenvalue weighted by molar-refractivity contribution is 0.102. The molecule has 3 aromatic carbocycles. The van der Waals surface area contributed by atoms with Crippen molar-refractivity contribution in [3.63, 3.8) is 0 Å². The molecular weight excluding hydrogens is 356 g/mol. The Kier molecular flexibility index (Phi) is 4.01. The van der Waals surface area contributed by atoms with Gasteiger partial charge in [-0.25, -0.2) is 10.8 Å². The number of carbonyl (C=O) groups is 1. The third kappa shape index (κ3) is 2.91. The highest BCUT2D eigenvalue weighted by Crippen LogP contribution is 2.33. The SMILES string of the molecule is NNc1nc2c(Cl)cc(NC(=O)c3cccc4ccccc34)cc2s1. The molecule has 25 heavy (non-hydrogen) atoms. The summed E-state index contributed by atoms with van der Waals surface area (Å²) in [5.41, 5.74) is 4.39. The Labute approximate surface area is 152 Å². The molecule has 124 valence electrons. The number of rotatable bonds is 3. The molecule has 0 spiro atoms. The summed E-state index contributed by atoms with van der Waals surface area (Å²) in [5.74, 6) is 5.21. The summed E-state index contributed by atoms with van der Waals surface area (Å²) in [6.07, 6.45) is 0. The number of halogens is 1. The largest absolute Gasteiger partial charge is 0.322 e. The molecule has 5 nitrogen and oxygen atoms in total. The van der Waals surface area contributed by atoms with Crippen LogP contribution in [0, 0.1) is 0 Å². The molecule has 4 rings (SSSR count). The van der Waals surface area contributed by atoms with Gasteiger partial charge in [-0.1, -0.05) is 59.3 Å². The van der Waals surface area contributed by atoms with Crippen LogP contribution < -0.4 is 16.6 Å². The summed E-state index contributed by atoms with van der Waals surface area (Å²) in [5, 5.41) is 5.86. The van der Waals surface area contributed by atoms with Crippen molar-refractivity contribution in [2.24, 2.45) is 5.84 Å². The van der Waals surface area contributed by atoms with Gasteiger partial charge in [-0.05, 0) is 29.0 Å². The van der Waals surface area contributed by atoms with Gasteiger partial charge < -0.3 is 5.32 Å². The van der Waals surface area contributed by atoms with Crippen LogP contribution in [-0.2, 0) is 0 Å². The van der Waals surface area contributed by atoms with E-state index in [1.807, 2.05) is 42.5 Å². The molecule has 0 aliphatic rings. The highest BCUT2D eigenvalue weighted by molar-refractivity contribution is 7.22. The maximum Gasteiger partial charge on any atom is 0.256 e. The number of carbonyl (C=O) groups excluding carboxylic acids is 1. The van der Waals surface area contributed by atoms with Crippen LogP contribution in [0.4, 0.5) is 10.8 Å². The summed E-state index contributed by atoms with van der Waals surface area (Å²) in [4.78, 5) is 17.0. The fourth-order valence-electron chi connectivity index (χ4n) is 2.74. The number of nitrogens with two attached hydrogens (primary N) is 1. The molecule has 0 aliphatic heterocycles. The van der Waals surface area contributed by atoms with Crippen LogP contribution in [-0.4, -0.2) is 10.9 Å². The molecule has 0 atom stereocenters. The molecule has 0 fully saturated rings. The number of nitrogen functional groups attached to an aromatic ring is 1. The molecule has 1 aromatic heterocycles. The minimum Gasteiger partial charge on any atom is -0.322 e. The normalized spacial score (nSPS) is 11.0. The van der Waals surface area contributed by atoms with Crippen molar-refractivity contribution >= 4 is 60.7 Å². The molecule has 4 aromatic rings. The number of anilines is 2. The van der Waals surface area contributed by atoms with E-state index in [1.165, 1.54) is 11.3 Å². The Morgan fingerprint density at radius 2 is 1.92 bits per heavy atom. The van der Waals surface area contributed by atoms with Crippen molar-refractivity contribution in [2.75, 3.05) is 10.7 Å². The third-order valence-electron chi connectivity index (χ3n) is 3.86. The summed E-state index contributed by atoms with van der Waals surface area (Å²) >= 11 is 7.65. The Bertz CT molecular complexity index is 1100. The van der Waals surface area contributed by atoms with Crippen LogP contribution in [0.3, 0.4) is 0 Å². The van der Waals surface area contributed by atoms with Crippen LogP contribution in [0.25, 0.3) is 21.0 Å². The average molecular weight is 369 g/mol. The predicted octanol–water partition coefficient (Wildman–Crippen LogP) is 4.64. The minimum absolute atomic E-state index is 0.186. The van der Waals surface area contributed by atoms with Gasteiger partial charge in [0.2, 0.25) is 0 Å². The van der Waals surface area contributed by atoms with Crippen molar-refractivity contribution in [1.82, 2.24) is 4.98 Å². The topological polar surface area (TPSA) is 80.0 Å². The zero-order valence-electron chi connectivity index (χ0n) is 12.9. The first-order chi connectivity index (χ1) is 12.2. The number of nitrogens with one attached hydrogen (secondary N) is 2. The number of thiazole rings is 1. The molecule has 0 saturated heterocycles. The number of hydrogen-bond acceptors (Lipinski definition) is 5. The van der Waals surface area contributed by atoms with Gasteiger partial charge in [0.05, 0.1) is 9.72 Å². The van der Waals surface area contributed by atoms with Crippen LogP contribution in [0.2, 0.25) is 5.02 Å². The zero-order valence-corrected chi connectivity index (χ0v) is 14.5. The summed E-state index contributed by atoms with van der Waals surface area (Å²) in [6, 6.07) is 17.0. The Morgan fingerprint density at radius 1 is 1.12 bits per heavy atom. The van der Waals surface area contributed by atoms with E-state index >= 15 is 0 Å². The number of hydrazine groups is 1. The summed E-state index contributed by atoms with van der Waals surface area (Å²) in [6.45, 7) is 0. The van der Waals surface area contributed by atoms with Gasteiger partial charge >= 0.3 is 0 Å². The van der Waals surface area contributed by atoms with E-state index in [1.54, 1.807) is 12.1 Å². The molecule has 1 amide bonds. The highest BCUT2D eigenvalue weighted by atomic mass is 35.5. The lowest BCUT2D eigenvalue weighted by atomic mass is 10.0. The maximum absolute atomic E-state index is 12.7. The second kappa shape index (κ2) is 6.33. The van der Waals surface area contributed by atoms with E-state index in [0.29, 0.717) is 26.9 Å². The smallest absolute Gasteiger partial charge is 0.256 e. The van der Waals surface area contributed by atoms with Crippen molar-refractivity contribution in [3.8, 4) is 0 Å². The molecule has 0 aliphatic carbocycles. The average Bonchev–Trinajstić information content (AvgIpc) is 3.05. The van der Waals surface area contributed by atoms with E-state index < -0.39 is 0 Å². The standard InChI is InChI=1S/C18H13ClN4OS/c19-14-8-11(9-15-16(14)22-18(23-20)25-15)21-17(24)13-7-3-5-10-4-1-2-6-12(10)13/h1-9H,20H2,(H,21,24)(H,22,23). The molecule has 0 unspecified atom stereocenters. The fourth-order valence-corrected chi connectivity index (χ4v) is 3.90. The van der Waals surface area contributed by atoms with Gasteiger partial charge in [0.15, 0.2) is 5.13 Å². The first-order valence-electron chi connectivity index (χ1n) is 7.51. The van der Waals surface area contributed by atoms with E-state index in [2.05, 4.69) is 15.7 Å². The monoisotopic (exact) mass is 368 g/mol. The first-order valence-corrected chi connectivity index (χ1v) is 8.71. The number of hydrogen-bond donors (Lipinski definition) is 3. The van der Waals surface area contributed by atoms with E-state index in [-0.39, 0.29) is 5.91 Å². The van der Waals surface area contributed by atoms with Crippen molar-refractivity contribution in [2.45, 2.75) is 0 Å². The maximum atomic E-state index is 12.7. The molecule has 4 N–H and O–H groups in total. The number of benzene rings is 3. The van der Waals surface area contributed by atoms with E-state index in [9.17, 15) is 4.79 Å². The minimum atomic E-state index is -0.186. The lowest BCUT2D eigenvalue weighted by Gasteiger charge is -2.08. The summed E-state index contributed by atoms with van der Waals surface area (Å²) < 4.78 is 0.841. The second-order valence-electron chi connectivity index (χ2n) is 5.45. The van der Waals surface area contributed by atoms with Crippen LogP contribution in [0.1, 0.15) is 10.4 Å². The summed E-state index contributed by atoms with van der Waals surface area (Å²) in [7, 11) is 0. The Morgan fingerprint density at radius 3 is 2.76 bits per heavy atom. The quantitative estimate of drug-likeness (QED) is 0.363. The highest BCUT2D eigenvalue weighted by Gasteiger charge is 2.13. The first kappa shape index (κ1) is 15.8. The molecule has 1 heterocycles. The lowest BCUT2D eigenvalue weighted by Crippen LogP contribution is -2.12. The van der Waals surface area contributed by atoms with Gasteiger partial charge in [-0.3, -0.25) is 10.2 Å². The number of nitrogens with zero attached hydrogens (tertiary/aromatic N) is 1. The van der Waals surface area contributed by atoms with Crippen molar-refractivity contribution < 1.29 is 4.79 Å². The Hall–Kier alpha value is -2.67. The number of amides is 1. The second-order valence-corrected chi connectivity index (χ2v) is 6.89. The predicted molar refractivity (Wildman–Crippen MR) is 104 cm³/mol. The molecular formula is C18H13ClN4OS. The molecule has 0 bridgehead atoms. The third-order valence-corrected chi connectivity index (χ3v) is 5.09. The van der Waals surface area contributed by atoms with Crippen LogP contribution in [0.15, 0.2) is 54.6 Å². The molecule has 7 heteroatoms. The van der Waals surface area contributed by atoms with Gasteiger partial charge in [0, 0.05) is 11.3 Å². The van der Waals surface area contributed by atoms with Gasteiger partial charge in [0.25, 0.3) is 5.91 Å². The Balaban J connectivity index is 1.71. The van der Waals surface area contributed by atoms with E-state index in [0.717, 1.165) is 15.5 Å². The van der Waals surface area contributed by atoms with Crippen LogP contribution >= 0.6 is 22.9 Å². The fraction of sp³-hybridized carbons (Fsp3) is 0. The van der Waals surface area contributed by atoms with Gasteiger partial charge in [0.1, 0.15) is 5.52 Å². The van der Waals surface area contributed by atoms with Crippen LogP contribution in [0.5, 0.6) is 0 Å². The van der Waals surface area contributed by atoms with Gasteiger partial charge in [-0.2, -0.15) is 0 Å². The molecule has 0 saturated carbocycles. The number of fused-ring (bicyclic) bond motifs is 2. The van der Waals surface area contributed by atoms with Crippen molar-refractivity contribution in [3.05, 3.63) is 65.2 Å². The van der Waals surface area contributed by atoms with Gasteiger partial charge in [-0.15, -0.1) is 0 Å². The zero-order chi connectivity index (χ0) is 17.4. The van der Waals surface area contributed by atoms with Crippen molar-refractivity contribution in [1.29, 1.82) is 0 Å². The molecule has 0 radical (unpaired) electrons. The van der Waals surface area contributed by atoms with E-state index in [4.69, 9.17) is 17.4 Å². The number of aromatic nitrogens is 1.